The normalized spacial score (nSPS) is 23.7. The van der Waals surface area contributed by atoms with Gasteiger partial charge in [-0.15, -0.1) is 0 Å². The summed E-state index contributed by atoms with van der Waals surface area (Å²) in [6, 6.07) is 18.0. The monoisotopic (exact) mass is 659 g/mol. The molecule has 3 aromatic heterocycles. The topological polar surface area (TPSA) is 132 Å². The summed E-state index contributed by atoms with van der Waals surface area (Å²) in [5, 5.41) is 11.1. The molecule has 2 saturated heterocycles. The number of aliphatic hydroxyl groups is 1. The van der Waals surface area contributed by atoms with Crippen LogP contribution in [0.2, 0.25) is 0 Å². The molecule has 2 aliphatic carbocycles. The van der Waals surface area contributed by atoms with E-state index in [9.17, 15) is 14.7 Å². The number of nitrogens with two attached hydrogens (primary N) is 1. The number of carbonyl (C=O) groups excluding carboxylic acids is 2. The van der Waals surface area contributed by atoms with Gasteiger partial charge in [0.15, 0.2) is 5.82 Å². The van der Waals surface area contributed by atoms with Gasteiger partial charge in [-0.3, -0.25) is 9.59 Å². The number of ether oxygens (including phenoxy) is 1. The zero-order valence-corrected chi connectivity index (χ0v) is 27.9. The van der Waals surface area contributed by atoms with Gasteiger partial charge in [0.1, 0.15) is 23.0 Å². The summed E-state index contributed by atoms with van der Waals surface area (Å²) in [7, 11) is 3.64. The van der Waals surface area contributed by atoms with Crippen LogP contribution in [0.25, 0.3) is 44.8 Å². The second kappa shape index (κ2) is 11.4. The molecule has 11 heteroatoms. The molecule has 4 unspecified atom stereocenters. The third-order valence-corrected chi connectivity index (χ3v) is 11.3. The molecule has 2 saturated carbocycles. The Morgan fingerprint density at radius 2 is 1.84 bits per heavy atom. The highest BCUT2D eigenvalue weighted by Crippen LogP contribution is 2.40. The number of pyridine rings is 1. The minimum absolute atomic E-state index is 0.0113. The van der Waals surface area contributed by atoms with Crippen LogP contribution in [-0.4, -0.2) is 79.3 Å². The smallest absolute Gasteiger partial charge is 0.255 e. The Labute approximate surface area is 284 Å². The van der Waals surface area contributed by atoms with Crippen molar-refractivity contribution in [3.8, 4) is 28.5 Å². The van der Waals surface area contributed by atoms with Crippen LogP contribution in [0.4, 0.5) is 5.69 Å². The fourth-order valence-corrected chi connectivity index (χ4v) is 8.41. The number of hydrogen-bond acceptors (Lipinski definition) is 7. The van der Waals surface area contributed by atoms with Gasteiger partial charge in [0.25, 0.3) is 11.8 Å². The molecule has 2 aromatic carbocycles. The van der Waals surface area contributed by atoms with Gasteiger partial charge in [0.05, 0.1) is 24.0 Å². The molecule has 2 bridgehead atoms. The van der Waals surface area contributed by atoms with Crippen molar-refractivity contribution in [3.05, 3.63) is 60.2 Å². The van der Waals surface area contributed by atoms with Crippen LogP contribution in [0.3, 0.4) is 0 Å². The Kier molecular flexibility index (Phi) is 7.07. The summed E-state index contributed by atoms with van der Waals surface area (Å²) in [6.45, 7) is 2.16. The molecule has 9 rings (SSSR count). The Hall–Kier alpha value is -4.74. The third-order valence-electron chi connectivity index (χ3n) is 11.3. The minimum Gasteiger partial charge on any atom is -0.494 e. The molecule has 0 radical (unpaired) electrons. The molecule has 0 spiro atoms. The molecular weight excluding hydrogens is 618 g/mol. The first kappa shape index (κ1) is 30.3. The number of rotatable bonds is 7. The van der Waals surface area contributed by atoms with Gasteiger partial charge < -0.3 is 34.5 Å². The minimum atomic E-state index is -0.933. The maximum Gasteiger partial charge on any atom is 0.255 e. The Bertz CT molecular complexity index is 2130. The summed E-state index contributed by atoms with van der Waals surface area (Å²) < 4.78 is 10.2. The van der Waals surface area contributed by atoms with Gasteiger partial charge in [0.2, 0.25) is 0 Å². The molecule has 5 aromatic rings. The van der Waals surface area contributed by atoms with E-state index >= 15 is 0 Å². The summed E-state index contributed by atoms with van der Waals surface area (Å²) in [6.07, 6.45) is 4.78. The van der Waals surface area contributed by atoms with E-state index in [1.807, 2.05) is 54.4 Å². The van der Waals surface area contributed by atoms with Crippen molar-refractivity contribution in [2.45, 2.75) is 63.3 Å². The van der Waals surface area contributed by atoms with Crippen LogP contribution in [0.5, 0.6) is 5.75 Å². The first-order valence-corrected chi connectivity index (χ1v) is 17.5. The second-order valence-electron chi connectivity index (χ2n) is 14.4. The van der Waals surface area contributed by atoms with Gasteiger partial charge >= 0.3 is 0 Å². The van der Waals surface area contributed by atoms with E-state index in [1.54, 1.807) is 12.0 Å². The van der Waals surface area contributed by atoms with E-state index in [2.05, 4.69) is 21.3 Å². The number of aliphatic hydroxyl groups excluding tert-OH is 1. The fourth-order valence-electron chi connectivity index (χ4n) is 8.41. The maximum absolute atomic E-state index is 13.8. The van der Waals surface area contributed by atoms with Crippen molar-refractivity contribution < 1.29 is 19.4 Å². The number of aromatic nitrogens is 4. The lowest BCUT2D eigenvalue weighted by atomic mass is 10.1. The Morgan fingerprint density at radius 3 is 2.55 bits per heavy atom. The lowest BCUT2D eigenvalue weighted by Gasteiger charge is -2.29. The molecule has 252 valence electrons. The maximum atomic E-state index is 13.8. The number of anilines is 1. The molecule has 11 nitrogen and oxygen atoms in total. The Balaban J connectivity index is 1.09. The van der Waals surface area contributed by atoms with E-state index in [0.29, 0.717) is 48.2 Å². The number of piperidine rings is 2. The van der Waals surface area contributed by atoms with Crippen LogP contribution in [0, 0.1) is 11.8 Å². The zero-order valence-electron chi connectivity index (χ0n) is 27.9. The van der Waals surface area contributed by atoms with Crippen LogP contribution in [0.15, 0.2) is 54.6 Å². The number of amides is 2. The van der Waals surface area contributed by atoms with Gasteiger partial charge in [-0.2, -0.15) is 0 Å². The average Bonchev–Trinajstić information content (AvgIpc) is 3.52. The van der Waals surface area contributed by atoms with Crippen LogP contribution in [0.1, 0.15) is 48.9 Å². The first-order chi connectivity index (χ1) is 23.8. The molecule has 4 fully saturated rings. The number of imidazole rings is 1. The molecule has 2 aliphatic heterocycles. The predicted molar refractivity (Wildman–Crippen MR) is 187 cm³/mol. The average molecular weight is 660 g/mol. The number of aryl methyl sites for hydroxylation is 1. The predicted octanol–water partition coefficient (Wildman–Crippen LogP) is 4.73. The number of methoxy groups -OCH3 is 1. The molecule has 4 atom stereocenters. The molecule has 4 aliphatic rings. The van der Waals surface area contributed by atoms with Crippen LogP contribution >= 0.6 is 0 Å². The van der Waals surface area contributed by atoms with E-state index in [4.69, 9.17) is 20.4 Å². The SMILES string of the molecule is COc1cc(C(=O)N2CC3CCC2C3N)cc2nc(-c3cc4ccc(-c5ccc(N6CCCC(O)C6=O)cc5)nc4n3CC3CC3)n(C)c12. The van der Waals surface area contributed by atoms with Crippen molar-refractivity contribution in [3.63, 3.8) is 0 Å². The van der Waals surface area contributed by atoms with Gasteiger partial charge in [-0.25, -0.2) is 9.97 Å². The summed E-state index contributed by atoms with van der Waals surface area (Å²) in [5.74, 6) is 2.12. The molecular formula is C38H41N7O4. The standard InChI is InChI=1S/C38H41N7O4/c1-42-34-28(16-25(18-32(34)49-2)37(47)45-20-24-10-14-29(45)33(24)39)41-36(42)30-17-23-9-13-27(40-35(23)44(30)19-21-5-6-21)22-7-11-26(12-8-22)43-15-3-4-31(46)38(43)48/h7-9,11-13,16-18,21,24,29,31,33,46H,3-6,10,14-15,19-20,39H2,1-2H3. The quantitative estimate of drug-likeness (QED) is 0.258. The van der Waals surface area contributed by atoms with Crippen molar-refractivity contribution >= 4 is 39.6 Å². The van der Waals surface area contributed by atoms with E-state index in [1.165, 1.54) is 12.8 Å². The molecule has 2 amide bonds. The molecule has 5 heterocycles. The van der Waals surface area contributed by atoms with Crippen LogP contribution in [-0.2, 0) is 18.4 Å². The molecule has 3 N–H and O–H groups in total. The molecule has 49 heavy (non-hydrogen) atoms. The number of benzene rings is 2. The third kappa shape index (κ3) is 4.93. The number of carbonyl (C=O) groups is 2. The van der Waals surface area contributed by atoms with Gasteiger partial charge in [-0.1, -0.05) is 12.1 Å². The van der Waals surface area contributed by atoms with Gasteiger partial charge in [-0.05, 0) is 92.8 Å². The highest BCUT2D eigenvalue weighted by Gasteiger charge is 2.47. The number of hydrogen-bond donors (Lipinski definition) is 2. The highest BCUT2D eigenvalue weighted by molar-refractivity contribution is 6.01. The van der Waals surface area contributed by atoms with Gasteiger partial charge in [0, 0.05) is 61.0 Å². The highest BCUT2D eigenvalue weighted by atomic mass is 16.5. The van der Waals surface area contributed by atoms with E-state index < -0.39 is 6.10 Å². The Morgan fingerprint density at radius 1 is 1.02 bits per heavy atom. The zero-order chi connectivity index (χ0) is 33.6. The summed E-state index contributed by atoms with van der Waals surface area (Å²) in [4.78, 5) is 40.3. The fraction of sp³-hybridized carbons (Fsp3) is 0.421. The number of likely N-dealkylation sites (tertiary alicyclic amines) is 1. The van der Waals surface area contributed by atoms with E-state index in [-0.39, 0.29) is 23.9 Å². The lowest BCUT2D eigenvalue weighted by Crippen LogP contribution is -2.44. The number of fused-ring (bicyclic) bond motifs is 4. The largest absolute Gasteiger partial charge is 0.494 e. The van der Waals surface area contributed by atoms with Crippen molar-refractivity contribution in [2.24, 2.45) is 24.6 Å². The van der Waals surface area contributed by atoms with Crippen LogP contribution < -0.4 is 15.4 Å². The van der Waals surface area contributed by atoms with E-state index in [0.717, 1.165) is 70.8 Å². The van der Waals surface area contributed by atoms with Crippen molar-refractivity contribution in [1.82, 2.24) is 24.0 Å². The lowest BCUT2D eigenvalue weighted by molar-refractivity contribution is -0.128. The van der Waals surface area contributed by atoms with Crippen molar-refractivity contribution in [1.29, 1.82) is 0 Å². The summed E-state index contributed by atoms with van der Waals surface area (Å²) in [5.41, 5.74) is 13.0. The second-order valence-corrected chi connectivity index (χ2v) is 14.4. The summed E-state index contributed by atoms with van der Waals surface area (Å²) >= 11 is 0. The number of nitrogens with zero attached hydrogens (tertiary/aromatic N) is 6. The first-order valence-electron chi connectivity index (χ1n) is 17.5. The van der Waals surface area contributed by atoms with Crippen molar-refractivity contribution in [2.75, 3.05) is 25.1 Å².